The lowest BCUT2D eigenvalue weighted by Crippen LogP contribution is -1.97. The molecule has 0 saturated carbocycles. The molecule has 2 nitrogen and oxygen atoms in total. The maximum atomic E-state index is 10.2. The zero-order valence-electron chi connectivity index (χ0n) is 12.5. The fourth-order valence-electron chi connectivity index (χ4n) is 1.67. The van der Waals surface area contributed by atoms with Gasteiger partial charge < -0.3 is 5.11 Å². The minimum Gasteiger partial charge on any atom is -0.481 e. The highest BCUT2D eigenvalue weighted by Crippen LogP contribution is 2.07. The van der Waals surface area contributed by atoms with Gasteiger partial charge in [0.2, 0.25) is 0 Å². The van der Waals surface area contributed by atoms with Crippen molar-refractivity contribution in [3.05, 3.63) is 0 Å². The van der Waals surface area contributed by atoms with Crippen LogP contribution in [0.15, 0.2) is 0 Å². The van der Waals surface area contributed by atoms with E-state index in [-0.39, 0.29) is 5.75 Å². The summed E-state index contributed by atoms with van der Waals surface area (Å²) in [5, 5.41) is 8.43. The molecule has 0 heterocycles. The highest BCUT2D eigenvalue weighted by molar-refractivity contribution is 8.00. The zero-order chi connectivity index (χ0) is 14.9. The molecular formula is C17H26O2S. The Bertz CT molecular complexity index is 355. The van der Waals surface area contributed by atoms with Gasteiger partial charge in [-0.2, -0.15) is 0 Å². The lowest BCUT2D eigenvalue weighted by molar-refractivity contribution is -0.133. The van der Waals surface area contributed by atoms with E-state index in [0.29, 0.717) is 12.2 Å². The van der Waals surface area contributed by atoms with Crippen LogP contribution < -0.4 is 0 Å². The van der Waals surface area contributed by atoms with Gasteiger partial charge in [0.1, 0.15) is 0 Å². The van der Waals surface area contributed by atoms with Crippen LogP contribution in [-0.2, 0) is 4.79 Å². The summed E-state index contributed by atoms with van der Waals surface area (Å²) < 4.78 is 0. The van der Waals surface area contributed by atoms with E-state index in [4.69, 9.17) is 5.11 Å². The number of unbranched alkanes of at least 4 members (excludes halogenated alkanes) is 7. The van der Waals surface area contributed by atoms with E-state index in [9.17, 15) is 4.79 Å². The van der Waals surface area contributed by atoms with Crippen molar-refractivity contribution < 1.29 is 9.90 Å². The second kappa shape index (κ2) is 16.0. The van der Waals surface area contributed by atoms with Crippen LogP contribution in [0.1, 0.15) is 64.7 Å². The first kappa shape index (κ1) is 18.9. The number of carbonyl (C=O) groups is 1. The van der Waals surface area contributed by atoms with Gasteiger partial charge in [0.25, 0.3) is 0 Å². The Balaban J connectivity index is 3.28. The number of thioether (sulfide) groups is 1. The van der Waals surface area contributed by atoms with Gasteiger partial charge in [-0.15, -0.1) is 17.7 Å². The van der Waals surface area contributed by atoms with Crippen molar-refractivity contribution >= 4 is 17.7 Å². The number of hydrogen-bond donors (Lipinski definition) is 1. The van der Waals surface area contributed by atoms with Crippen molar-refractivity contribution in [1.29, 1.82) is 0 Å². The molecule has 0 aromatic carbocycles. The third-order valence-electron chi connectivity index (χ3n) is 2.73. The maximum Gasteiger partial charge on any atom is 0.313 e. The third-order valence-corrected chi connectivity index (χ3v) is 3.53. The summed E-state index contributed by atoms with van der Waals surface area (Å²) in [5.74, 6) is 12.0. The maximum absolute atomic E-state index is 10.2. The number of hydrogen-bond acceptors (Lipinski definition) is 2. The Kier molecular flexibility index (Phi) is 15.1. The summed E-state index contributed by atoms with van der Waals surface area (Å²) in [6.45, 7) is 2.24. The number of aliphatic carboxylic acids is 1. The van der Waals surface area contributed by atoms with E-state index in [1.54, 1.807) is 0 Å². The Hall–Kier alpha value is -1.06. The van der Waals surface area contributed by atoms with Gasteiger partial charge in [-0.3, -0.25) is 4.79 Å². The predicted octanol–water partition coefficient (Wildman–Crippen LogP) is 4.34. The van der Waals surface area contributed by atoms with Crippen LogP contribution in [0, 0.1) is 23.7 Å². The summed E-state index contributed by atoms with van der Waals surface area (Å²) in [5.41, 5.74) is 0. The average Bonchev–Trinajstić information content (AvgIpc) is 2.43. The fraction of sp³-hybridized carbons (Fsp3) is 0.706. The Labute approximate surface area is 128 Å². The fourth-order valence-corrected chi connectivity index (χ4v) is 2.15. The highest BCUT2D eigenvalue weighted by atomic mass is 32.2. The van der Waals surface area contributed by atoms with E-state index in [1.165, 1.54) is 56.7 Å². The zero-order valence-corrected chi connectivity index (χ0v) is 13.4. The molecular weight excluding hydrogens is 268 g/mol. The molecule has 0 atom stereocenters. The third kappa shape index (κ3) is 16.9. The smallest absolute Gasteiger partial charge is 0.313 e. The summed E-state index contributed by atoms with van der Waals surface area (Å²) in [6.07, 6.45) is 10.8. The average molecular weight is 294 g/mol. The van der Waals surface area contributed by atoms with Gasteiger partial charge in [-0.1, -0.05) is 63.2 Å². The molecule has 112 valence electrons. The first-order chi connectivity index (χ1) is 9.77. The summed E-state index contributed by atoms with van der Waals surface area (Å²) >= 11 is 1.32. The molecule has 0 spiro atoms. The molecule has 1 N–H and O–H groups in total. The van der Waals surface area contributed by atoms with Crippen LogP contribution in [0.3, 0.4) is 0 Å². The van der Waals surface area contributed by atoms with E-state index >= 15 is 0 Å². The Morgan fingerprint density at radius 3 is 2.30 bits per heavy atom. The highest BCUT2D eigenvalue weighted by Gasteiger charge is 1.93. The number of rotatable bonds is 10. The monoisotopic (exact) mass is 294 g/mol. The topological polar surface area (TPSA) is 37.3 Å². The van der Waals surface area contributed by atoms with Crippen molar-refractivity contribution in [1.82, 2.24) is 0 Å². The van der Waals surface area contributed by atoms with Gasteiger partial charge in [0, 0.05) is 6.42 Å². The lowest BCUT2D eigenvalue weighted by Gasteiger charge is -1.97. The quantitative estimate of drug-likeness (QED) is 0.481. The van der Waals surface area contributed by atoms with E-state index in [1.807, 2.05) is 0 Å². The molecule has 0 aromatic heterocycles. The van der Waals surface area contributed by atoms with E-state index in [2.05, 4.69) is 30.6 Å². The van der Waals surface area contributed by atoms with Crippen LogP contribution in [0.4, 0.5) is 0 Å². The van der Waals surface area contributed by atoms with Gasteiger partial charge in [0.05, 0.1) is 17.9 Å². The molecule has 0 fully saturated rings. The molecule has 0 aliphatic carbocycles. The van der Waals surface area contributed by atoms with Gasteiger partial charge >= 0.3 is 5.97 Å². The minimum atomic E-state index is -0.786. The van der Waals surface area contributed by atoms with Crippen molar-refractivity contribution in [2.75, 3.05) is 11.5 Å². The first-order valence-corrected chi connectivity index (χ1v) is 8.63. The van der Waals surface area contributed by atoms with Gasteiger partial charge in [0.15, 0.2) is 0 Å². The Morgan fingerprint density at radius 2 is 1.60 bits per heavy atom. The predicted molar refractivity (Wildman–Crippen MR) is 87.7 cm³/mol. The second-order valence-electron chi connectivity index (χ2n) is 4.64. The lowest BCUT2D eigenvalue weighted by atomic mass is 10.1. The summed E-state index contributed by atoms with van der Waals surface area (Å²) in [7, 11) is 0. The Morgan fingerprint density at radius 1 is 0.950 bits per heavy atom. The molecule has 0 aliphatic rings. The normalized spacial score (nSPS) is 9.25. The molecule has 20 heavy (non-hydrogen) atoms. The van der Waals surface area contributed by atoms with Crippen molar-refractivity contribution in [3.8, 4) is 23.7 Å². The van der Waals surface area contributed by atoms with Crippen LogP contribution in [0.5, 0.6) is 0 Å². The van der Waals surface area contributed by atoms with Gasteiger partial charge in [-0.05, 0) is 6.42 Å². The molecule has 0 amide bonds. The number of carboxylic acid groups (broad SMARTS) is 1. The van der Waals surface area contributed by atoms with Crippen molar-refractivity contribution in [2.45, 2.75) is 64.7 Å². The summed E-state index contributed by atoms with van der Waals surface area (Å²) in [6, 6.07) is 0. The van der Waals surface area contributed by atoms with E-state index < -0.39 is 5.97 Å². The van der Waals surface area contributed by atoms with Gasteiger partial charge in [-0.25, -0.2) is 0 Å². The number of carboxylic acids is 1. The minimum absolute atomic E-state index is 0.124. The molecule has 3 heteroatoms. The molecule has 0 aliphatic heterocycles. The summed E-state index contributed by atoms with van der Waals surface area (Å²) in [4.78, 5) is 10.2. The van der Waals surface area contributed by atoms with Crippen molar-refractivity contribution in [3.63, 3.8) is 0 Å². The largest absolute Gasteiger partial charge is 0.481 e. The standard InChI is InChI=1S/C17H26O2S/c1-2-3-4-5-6-7-8-9-10-11-12-13-14-15-20-16-17(18)19/h2-9,12,15-16H2,1H3,(H,18,19). The van der Waals surface area contributed by atoms with Crippen LogP contribution in [0.2, 0.25) is 0 Å². The molecule has 0 radical (unpaired) electrons. The first-order valence-electron chi connectivity index (χ1n) is 7.48. The van der Waals surface area contributed by atoms with E-state index in [0.717, 1.165) is 6.42 Å². The second-order valence-corrected chi connectivity index (χ2v) is 5.63. The molecule has 0 aromatic rings. The molecule has 0 unspecified atom stereocenters. The van der Waals surface area contributed by atoms with Crippen LogP contribution in [0.25, 0.3) is 0 Å². The molecule has 0 rings (SSSR count). The van der Waals surface area contributed by atoms with Crippen LogP contribution in [-0.4, -0.2) is 22.6 Å². The molecule has 0 saturated heterocycles. The van der Waals surface area contributed by atoms with Crippen molar-refractivity contribution in [2.24, 2.45) is 0 Å². The SMILES string of the molecule is CCCCCCCCCC#CCC#CCSCC(=O)O. The molecule has 0 bridgehead atoms. The van der Waals surface area contributed by atoms with Crippen LogP contribution >= 0.6 is 11.8 Å².